The van der Waals surface area contributed by atoms with Crippen molar-refractivity contribution < 1.29 is 9.59 Å². The molecule has 16 heavy (non-hydrogen) atoms. The number of carbonyl (C=O) groups excluding carboxylic acids is 2. The molecule has 92 valence electrons. The molecule has 1 heterocycles. The van der Waals surface area contributed by atoms with Gasteiger partial charge in [-0.25, -0.2) is 4.79 Å². The third kappa shape index (κ3) is 2.85. The summed E-state index contributed by atoms with van der Waals surface area (Å²) >= 11 is 0. The van der Waals surface area contributed by atoms with Gasteiger partial charge in [0, 0.05) is 40.3 Å². The molecule has 0 aromatic carbocycles. The zero-order chi connectivity index (χ0) is 12.3. The zero-order valence-corrected chi connectivity index (χ0v) is 10.1. The molecular weight excluding hydrogens is 208 g/mol. The van der Waals surface area contributed by atoms with E-state index in [4.69, 9.17) is 5.73 Å². The largest absolute Gasteiger partial charge is 0.338 e. The molecule has 1 rings (SSSR count). The lowest BCUT2D eigenvalue weighted by Crippen LogP contribution is -2.55. The molecule has 1 aliphatic heterocycles. The Balaban J connectivity index is 2.45. The third-order valence-corrected chi connectivity index (χ3v) is 2.63. The van der Waals surface area contributed by atoms with Crippen LogP contribution in [0, 0.1) is 0 Å². The highest BCUT2D eigenvalue weighted by Gasteiger charge is 2.25. The van der Waals surface area contributed by atoms with E-state index in [-0.39, 0.29) is 11.9 Å². The average Bonchev–Trinajstić information content (AvgIpc) is 2.27. The highest BCUT2D eigenvalue weighted by molar-refractivity contribution is 5.81. The molecule has 3 amide bonds. The highest BCUT2D eigenvalue weighted by Crippen LogP contribution is 2.05. The molecule has 6 heteroatoms. The first kappa shape index (κ1) is 12.8. The lowest BCUT2D eigenvalue weighted by molar-refractivity contribution is -0.133. The van der Waals surface area contributed by atoms with Crippen molar-refractivity contribution >= 4 is 11.9 Å². The lowest BCUT2D eigenvalue weighted by atomic mass is 10.2. The van der Waals surface area contributed by atoms with Gasteiger partial charge in [-0.15, -0.1) is 0 Å². The fourth-order valence-corrected chi connectivity index (χ4v) is 1.69. The zero-order valence-electron chi connectivity index (χ0n) is 10.1. The minimum atomic E-state index is -0.462. The van der Waals surface area contributed by atoms with Gasteiger partial charge in [0.1, 0.15) is 0 Å². The van der Waals surface area contributed by atoms with Gasteiger partial charge in [0.15, 0.2) is 0 Å². The molecule has 1 aliphatic rings. The van der Waals surface area contributed by atoms with Crippen LogP contribution in [0.15, 0.2) is 0 Å². The minimum absolute atomic E-state index is 0.00658. The second-order valence-corrected chi connectivity index (χ2v) is 4.28. The van der Waals surface area contributed by atoms with E-state index < -0.39 is 6.04 Å². The molecule has 0 bridgehead atoms. The smallest absolute Gasteiger partial charge is 0.319 e. The van der Waals surface area contributed by atoms with Crippen molar-refractivity contribution in [3.63, 3.8) is 0 Å². The van der Waals surface area contributed by atoms with Crippen LogP contribution in [-0.4, -0.2) is 73.0 Å². The second-order valence-electron chi connectivity index (χ2n) is 4.28. The maximum absolute atomic E-state index is 11.6. The number of hydrogen-bond donors (Lipinski definition) is 1. The Labute approximate surface area is 96.0 Å². The Morgan fingerprint density at radius 2 is 1.56 bits per heavy atom. The molecule has 1 atom stereocenters. The SMILES string of the molecule is C[C@H](N)C(=O)N1CCN(C(=O)N(C)C)CC1. The predicted molar refractivity (Wildman–Crippen MR) is 60.9 cm³/mol. The van der Waals surface area contributed by atoms with Crippen LogP contribution in [0.5, 0.6) is 0 Å². The Bertz CT molecular complexity index is 242. The molecule has 1 saturated heterocycles. The molecule has 0 spiro atoms. The van der Waals surface area contributed by atoms with E-state index in [1.54, 1.807) is 35.7 Å². The van der Waals surface area contributed by atoms with Crippen LogP contribution in [0.3, 0.4) is 0 Å². The van der Waals surface area contributed by atoms with Gasteiger partial charge in [0.05, 0.1) is 6.04 Å². The topological polar surface area (TPSA) is 69.9 Å². The maximum Gasteiger partial charge on any atom is 0.319 e. The van der Waals surface area contributed by atoms with Gasteiger partial charge in [-0.1, -0.05) is 0 Å². The number of nitrogens with zero attached hydrogens (tertiary/aromatic N) is 3. The van der Waals surface area contributed by atoms with Crippen LogP contribution in [0.25, 0.3) is 0 Å². The van der Waals surface area contributed by atoms with Gasteiger partial charge in [0.25, 0.3) is 0 Å². The first-order valence-corrected chi connectivity index (χ1v) is 5.44. The average molecular weight is 228 g/mol. The molecule has 2 N–H and O–H groups in total. The van der Waals surface area contributed by atoms with E-state index in [1.165, 1.54) is 0 Å². The fourth-order valence-electron chi connectivity index (χ4n) is 1.69. The van der Waals surface area contributed by atoms with Gasteiger partial charge < -0.3 is 20.4 Å². The van der Waals surface area contributed by atoms with Crippen molar-refractivity contribution in [2.75, 3.05) is 40.3 Å². The predicted octanol–water partition coefficient (Wildman–Crippen LogP) is -0.841. The number of hydrogen-bond acceptors (Lipinski definition) is 3. The monoisotopic (exact) mass is 228 g/mol. The first-order chi connectivity index (χ1) is 7.43. The van der Waals surface area contributed by atoms with Gasteiger partial charge in [0.2, 0.25) is 5.91 Å². The molecule has 0 aliphatic carbocycles. The van der Waals surface area contributed by atoms with E-state index in [0.29, 0.717) is 26.2 Å². The van der Waals surface area contributed by atoms with Gasteiger partial charge in [-0.2, -0.15) is 0 Å². The van der Waals surface area contributed by atoms with Gasteiger partial charge in [-0.05, 0) is 6.92 Å². The summed E-state index contributed by atoms with van der Waals surface area (Å²) in [6, 6.07) is -0.469. The minimum Gasteiger partial charge on any atom is -0.338 e. The van der Waals surface area contributed by atoms with E-state index in [0.717, 1.165) is 0 Å². The summed E-state index contributed by atoms with van der Waals surface area (Å²) in [5.41, 5.74) is 5.53. The summed E-state index contributed by atoms with van der Waals surface area (Å²) in [4.78, 5) is 28.2. The van der Waals surface area contributed by atoms with E-state index in [1.807, 2.05) is 0 Å². The van der Waals surface area contributed by atoms with Crippen LogP contribution in [0.1, 0.15) is 6.92 Å². The quantitative estimate of drug-likeness (QED) is 0.636. The molecular formula is C10H20N4O2. The number of piperazine rings is 1. The molecule has 0 radical (unpaired) electrons. The second kappa shape index (κ2) is 5.16. The van der Waals surface area contributed by atoms with E-state index in [2.05, 4.69) is 0 Å². The summed E-state index contributed by atoms with van der Waals surface area (Å²) in [5, 5.41) is 0. The standard InChI is InChI=1S/C10H20N4O2/c1-8(11)9(15)13-4-6-14(7-5-13)10(16)12(2)3/h8H,4-7,11H2,1-3H3/t8-/m0/s1. The maximum atomic E-state index is 11.6. The van der Waals surface area contributed by atoms with Crippen molar-refractivity contribution in [3.8, 4) is 0 Å². The Morgan fingerprint density at radius 3 is 1.94 bits per heavy atom. The van der Waals surface area contributed by atoms with Crippen molar-refractivity contribution in [1.82, 2.24) is 14.7 Å². The van der Waals surface area contributed by atoms with Crippen LogP contribution < -0.4 is 5.73 Å². The number of amides is 3. The highest BCUT2D eigenvalue weighted by atomic mass is 16.2. The summed E-state index contributed by atoms with van der Waals surface area (Å²) in [7, 11) is 3.45. The van der Waals surface area contributed by atoms with Crippen LogP contribution in [-0.2, 0) is 4.79 Å². The van der Waals surface area contributed by atoms with Crippen molar-refractivity contribution in [3.05, 3.63) is 0 Å². The normalized spacial score (nSPS) is 18.2. The number of urea groups is 1. The van der Waals surface area contributed by atoms with E-state index >= 15 is 0 Å². The van der Waals surface area contributed by atoms with Gasteiger partial charge >= 0.3 is 6.03 Å². The number of carbonyl (C=O) groups is 2. The first-order valence-electron chi connectivity index (χ1n) is 5.44. The summed E-state index contributed by atoms with van der Waals surface area (Å²) < 4.78 is 0. The lowest BCUT2D eigenvalue weighted by Gasteiger charge is -2.36. The summed E-state index contributed by atoms with van der Waals surface area (Å²) in [5.74, 6) is -0.0445. The molecule has 0 unspecified atom stereocenters. The third-order valence-electron chi connectivity index (χ3n) is 2.63. The fraction of sp³-hybridized carbons (Fsp3) is 0.800. The Hall–Kier alpha value is -1.30. The van der Waals surface area contributed by atoms with Crippen molar-refractivity contribution in [2.45, 2.75) is 13.0 Å². The Kier molecular flexibility index (Phi) is 4.12. The summed E-state index contributed by atoms with van der Waals surface area (Å²) in [6.45, 7) is 3.98. The number of nitrogens with two attached hydrogens (primary N) is 1. The van der Waals surface area contributed by atoms with Crippen molar-refractivity contribution in [2.24, 2.45) is 5.73 Å². The van der Waals surface area contributed by atoms with Crippen LogP contribution in [0.4, 0.5) is 4.79 Å². The molecule has 1 fully saturated rings. The molecule has 6 nitrogen and oxygen atoms in total. The Morgan fingerprint density at radius 1 is 1.12 bits per heavy atom. The molecule has 0 aromatic heterocycles. The molecule has 0 saturated carbocycles. The van der Waals surface area contributed by atoms with Gasteiger partial charge in [-0.3, -0.25) is 4.79 Å². The van der Waals surface area contributed by atoms with Crippen LogP contribution >= 0.6 is 0 Å². The number of rotatable bonds is 1. The van der Waals surface area contributed by atoms with Crippen LogP contribution in [0.2, 0.25) is 0 Å². The summed E-state index contributed by atoms with van der Waals surface area (Å²) in [6.07, 6.45) is 0. The van der Waals surface area contributed by atoms with E-state index in [9.17, 15) is 9.59 Å². The van der Waals surface area contributed by atoms with Crippen molar-refractivity contribution in [1.29, 1.82) is 0 Å². The molecule has 0 aromatic rings.